The zero-order valence-corrected chi connectivity index (χ0v) is 18.1. The lowest BCUT2D eigenvalue weighted by Gasteiger charge is -2.42. The highest BCUT2D eigenvalue weighted by atomic mass is 16.7. The van der Waals surface area contributed by atoms with E-state index < -0.39 is 5.79 Å². The molecule has 0 amide bonds. The number of hydrogen-bond acceptors (Lipinski definition) is 4. The number of Topliss-reactive ketones (excluding diaryl/α,β-unsaturated/α-hetero) is 1. The van der Waals surface area contributed by atoms with Gasteiger partial charge < -0.3 is 14.2 Å². The number of allylic oxidation sites excluding steroid dienone is 2. The number of hydrogen-bond donors (Lipinski definition) is 0. The third kappa shape index (κ3) is 4.50. The standard InChI is InChI=1S/C25H34O4/c1-19-14-24(17-28-23(2,3)29-18-24)15-21(19)25(11-12-25)22(26)10-7-13-27-16-20-8-5-4-6-9-20/h4-6,8-9H,7,10-18H2,1-3H3. The molecule has 1 spiro atoms. The van der Waals surface area contributed by atoms with Gasteiger partial charge in [0.05, 0.1) is 25.2 Å². The van der Waals surface area contributed by atoms with E-state index in [9.17, 15) is 4.79 Å². The molecule has 1 aromatic carbocycles. The third-order valence-corrected chi connectivity index (χ3v) is 6.82. The van der Waals surface area contributed by atoms with Gasteiger partial charge in [0.1, 0.15) is 5.78 Å². The third-order valence-electron chi connectivity index (χ3n) is 6.82. The van der Waals surface area contributed by atoms with Crippen LogP contribution in [0.15, 0.2) is 41.5 Å². The molecule has 4 rings (SSSR count). The minimum absolute atomic E-state index is 0.0314. The number of carbonyl (C=O) groups is 1. The average Bonchev–Trinajstić information content (AvgIpc) is 3.44. The molecule has 3 aliphatic rings. The summed E-state index contributed by atoms with van der Waals surface area (Å²) in [6, 6.07) is 10.2. The van der Waals surface area contributed by atoms with E-state index in [0.29, 0.717) is 25.4 Å². The molecule has 1 saturated carbocycles. The fourth-order valence-electron chi connectivity index (χ4n) is 4.99. The summed E-state index contributed by atoms with van der Waals surface area (Å²) in [6.45, 7) is 8.85. The molecule has 0 bridgehead atoms. The van der Waals surface area contributed by atoms with Crippen molar-refractivity contribution >= 4 is 5.78 Å². The Bertz CT molecular complexity index is 763. The van der Waals surface area contributed by atoms with Crippen LogP contribution in [0, 0.1) is 10.8 Å². The van der Waals surface area contributed by atoms with Gasteiger partial charge in [-0.3, -0.25) is 4.79 Å². The summed E-state index contributed by atoms with van der Waals surface area (Å²) in [4.78, 5) is 13.1. The Balaban J connectivity index is 1.27. The van der Waals surface area contributed by atoms with Crippen molar-refractivity contribution in [2.45, 2.75) is 71.7 Å². The maximum Gasteiger partial charge on any atom is 0.162 e. The summed E-state index contributed by atoms with van der Waals surface area (Å²) >= 11 is 0. The minimum atomic E-state index is -0.491. The monoisotopic (exact) mass is 398 g/mol. The van der Waals surface area contributed by atoms with E-state index in [2.05, 4.69) is 19.1 Å². The topological polar surface area (TPSA) is 44.8 Å². The first-order valence-corrected chi connectivity index (χ1v) is 11.0. The highest BCUT2D eigenvalue weighted by Gasteiger charge is 2.56. The van der Waals surface area contributed by atoms with Gasteiger partial charge in [-0.1, -0.05) is 41.5 Å². The second kappa shape index (κ2) is 7.98. The van der Waals surface area contributed by atoms with Crippen molar-refractivity contribution < 1.29 is 19.0 Å². The molecule has 1 saturated heterocycles. The SMILES string of the molecule is CC1=C(C2(C(=O)CCCOCc3ccccc3)CC2)CC2(COC(C)(C)OC2)C1. The molecule has 158 valence electrons. The molecule has 4 heteroatoms. The van der Waals surface area contributed by atoms with Gasteiger partial charge in [0.15, 0.2) is 5.79 Å². The van der Waals surface area contributed by atoms with Crippen molar-refractivity contribution in [3.8, 4) is 0 Å². The van der Waals surface area contributed by atoms with Crippen LogP contribution in [0.4, 0.5) is 0 Å². The van der Waals surface area contributed by atoms with E-state index in [4.69, 9.17) is 14.2 Å². The van der Waals surface area contributed by atoms with Crippen LogP contribution in [0.25, 0.3) is 0 Å². The number of ketones is 1. The highest BCUT2D eigenvalue weighted by Crippen LogP contribution is 2.61. The largest absolute Gasteiger partial charge is 0.377 e. The Labute approximate surface area is 174 Å². The van der Waals surface area contributed by atoms with Crippen LogP contribution in [-0.4, -0.2) is 31.4 Å². The maximum atomic E-state index is 13.1. The zero-order valence-electron chi connectivity index (χ0n) is 18.1. The molecule has 4 nitrogen and oxygen atoms in total. The van der Waals surface area contributed by atoms with E-state index in [1.165, 1.54) is 16.7 Å². The first kappa shape index (κ1) is 20.8. The molecular formula is C25H34O4. The predicted molar refractivity (Wildman–Crippen MR) is 112 cm³/mol. The van der Waals surface area contributed by atoms with Crippen molar-refractivity contribution in [3.63, 3.8) is 0 Å². The number of carbonyl (C=O) groups excluding carboxylic acids is 1. The van der Waals surface area contributed by atoms with E-state index >= 15 is 0 Å². The lowest BCUT2D eigenvalue weighted by atomic mass is 9.80. The van der Waals surface area contributed by atoms with Gasteiger partial charge in [-0.15, -0.1) is 0 Å². The van der Waals surface area contributed by atoms with Crippen LogP contribution in [0.1, 0.15) is 64.9 Å². The second-order valence-electron chi connectivity index (χ2n) is 9.74. The molecule has 0 aromatic heterocycles. The maximum absolute atomic E-state index is 13.1. The van der Waals surface area contributed by atoms with Crippen LogP contribution in [0.2, 0.25) is 0 Å². The molecule has 1 heterocycles. The van der Waals surface area contributed by atoms with Gasteiger partial charge >= 0.3 is 0 Å². The molecular weight excluding hydrogens is 364 g/mol. The fraction of sp³-hybridized carbons (Fsp3) is 0.640. The quantitative estimate of drug-likeness (QED) is 0.445. The summed E-state index contributed by atoms with van der Waals surface area (Å²) in [6.07, 6.45) is 5.36. The van der Waals surface area contributed by atoms with Crippen LogP contribution in [-0.2, 0) is 25.6 Å². The van der Waals surface area contributed by atoms with Gasteiger partial charge in [-0.25, -0.2) is 0 Å². The van der Waals surface area contributed by atoms with E-state index in [0.717, 1.165) is 45.3 Å². The van der Waals surface area contributed by atoms with E-state index in [-0.39, 0.29) is 10.8 Å². The normalized spacial score (nSPS) is 24.1. The van der Waals surface area contributed by atoms with E-state index in [1.807, 2.05) is 32.0 Å². The average molecular weight is 399 g/mol. The van der Waals surface area contributed by atoms with Crippen LogP contribution >= 0.6 is 0 Å². The molecule has 0 unspecified atom stereocenters. The van der Waals surface area contributed by atoms with Crippen molar-refractivity contribution in [1.29, 1.82) is 0 Å². The Hall–Kier alpha value is -1.49. The molecule has 0 N–H and O–H groups in total. The molecule has 1 aliphatic heterocycles. The van der Waals surface area contributed by atoms with Gasteiger partial charge in [0.25, 0.3) is 0 Å². The summed E-state index contributed by atoms with van der Waals surface area (Å²) in [5, 5.41) is 0. The Morgan fingerprint density at radius 1 is 1.07 bits per heavy atom. The minimum Gasteiger partial charge on any atom is -0.377 e. The van der Waals surface area contributed by atoms with E-state index in [1.54, 1.807) is 0 Å². The smallest absolute Gasteiger partial charge is 0.162 e. The van der Waals surface area contributed by atoms with Crippen molar-refractivity contribution in [2.75, 3.05) is 19.8 Å². The van der Waals surface area contributed by atoms with Gasteiger partial charge in [0, 0.05) is 18.4 Å². The Morgan fingerprint density at radius 2 is 1.76 bits per heavy atom. The zero-order chi connectivity index (χ0) is 20.5. The molecule has 29 heavy (non-hydrogen) atoms. The number of benzene rings is 1. The number of rotatable bonds is 8. The fourth-order valence-corrected chi connectivity index (χ4v) is 4.99. The molecule has 2 aliphatic carbocycles. The predicted octanol–water partition coefficient (Wildman–Crippen LogP) is 5.21. The summed E-state index contributed by atoms with van der Waals surface area (Å²) in [7, 11) is 0. The van der Waals surface area contributed by atoms with Crippen LogP contribution in [0.5, 0.6) is 0 Å². The highest BCUT2D eigenvalue weighted by molar-refractivity contribution is 5.91. The van der Waals surface area contributed by atoms with Gasteiger partial charge in [-0.05, 0) is 58.4 Å². The Morgan fingerprint density at radius 3 is 2.41 bits per heavy atom. The number of ether oxygens (including phenoxy) is 3. The lowest BCUT2D eigenvalue weighted by molar-refractivity contribution is -0.283. The van der Waals surface area contributed by atoms with Crippen molar-refractivity contribution in [2.24, 2.45) is 10.8 Å². The molecule has 1 aromatic rings. The van der Waals surface area contributed by atoms with Crippen molar-refractivity contribution in [1.82, 2.24) is 0 Å². The second-order valence-corrected chi connectivity index (χ2v) is 9.74. The first-order chi connectivity index (χ1) is 13.8. The van der Waals surface area contributed by atoms with Crippen LogP contribution in [0.3, 0.4) is 0 Å². The first-order valence-electron chi connectivity index (χ1n) is 11.0. The molecule has 2 fully saturated rings. The summed E-state index contributed by atoms with van der Waals surface area (Å²) in [5.74, 6) is -0.0837. The van der Waals surface area contributed by atoms with Crippen molar-refractivity contribution in [3.05, 3.63) is 47.0 Å². The summed E-state index contributed by atoms with van der Waals surface area (Å²) < 4.78 is 17.7. The van der Waals surface area contributed by atoms with Gasteiger partial charge in [-0.2, -0.15) is 0 Å². The van der Waals surface area contributed by atoms with Crippen LogP contribution < -0.4 is 0 Å². The lowest BCUT2D eigenvalue weighted by Crippen LogP contribution is -2.45. The molecule has 0 atom stereocenters. The summed E-state index contributed by atoms with van der Waals surface area (Å²) in [5.41, 5.74) is 3.79. The Kier molecular flexibility index (Phi) is 5.71. The van der Waals surface area contributed by atoms with Gasteiger partial charge in [0.2, 0.25) is 0 Å². The molecule has 0 radical (unpaired) electrons.